The van der Waals surface area contributed by atoms with Crippen LogP contribution in [0.15, 0.2) is 10.2 Å². The predicted molar refractivity (Wildman–Crippen MR) is 49.7 cm³/mol. The average Bonchev–Trinajstić information content (AvgIpc) is 2.70. The molecule has 0 spiro atoms. The van der Waals surface area contributed by atoms with Crippen LogP contribution >= 0.6 is 11.8 Å². The molecule has 3 aliphatic rings. The Morgan fingerprint density at radius 3 is 3.31 bits per heavy atom. The first-order valence-corrected chi connectivity index (χ1v) is 5.77. The molecule has 13 heavy (non-hydrogen) atoms. The SMILES string of the molecule is O=C1N=NC2C1CNC1CSCC12. The van der Waals surface area contributed by atoms with Gasteiger partial charge < -0.3 is 5.32 Å². The number of fused-ring (bicyclic) bond motifs is 3. The Morgan fingerprint density at radius 2 is 2.38 bits per heavy atom. The zero-order valence-corrected chi connectivity index (χ0v) is 7.96. The summed E-state index contributed by atoms with van der Waals surface area (Å²) in [6.45, 7) is 0.776. The number of nitrogens with zero attached hydrogens (tertiary/aromatic N) is 2. The van der Waals surface area contributed by atoms with Crippen LogP contribution in [-0.2, 0) is 4.79 Å². The van der Waals surface area contributed by atoms with Crippen molar-refractivity contribution in [1.29, 1.82) is 0 Å². The van der Waals surface area contributed by atoms with Gasteiger partial charge in [0.15, 0.2) is 0 Å². The standard InChI is InChI=1S/C8H11N3OS/c12-8-4-1-9-6-3-13-2-5(6)7(4)10-11-8/h4-7,9H,1-3H2. The highest BCUT2D eigenvalue weighted by Gasteiger charge is 2.47. The third-order valence-corrected chi connectivity index (χ3v) is 4.40. The first kappa shape index (κ1) is 7.94. The monoisotopic (exact) mass is 197 g/mol. The second kappa shape index (κ2) is 2.78. The molecule has 3 aliphatic heterocycles. The predicted octanol–water partition coefficient (Wildman–Crippen LogP) is 0.298. The van der Waals surface area contributed by atoms with Gasteiger partial charge in [-0.2, -0.15) is 16.9 Å². The van der Waals surface area contributed by atoms with E-state index in [-0.39, 0.29) is 17.9 Å². The molecule has 0 aromatic heterocycles. The zero-order valence-electron chi connectivity index (χ0n) is 7.14. The highest BCUT2D eigenvalue weighted by atomic mass is 32.2. The van der Waals surface area contributed by atoms with Gasteiger partial charge in [0.05, 0.1) is 12.0 Å². The van der Waals surface area contributed by atoms with Gasteiger partial charge in [-0.3, -0.25) is 4.79 Å². The van der Waals surface area contributed by atoms with E-state index in [1.54, 1.807) is 0 Å². The number of piperidine rings is 1. The van der Waals surface area contributed by atoms with Crippen LogP contribution < -0.4 is 5.32 Å². The molecule has 1 N–H and O–H groups in total. The molecular weight excluding hydrogens is 186 g/mol. The Labute approximate surface area is 80.6 Å². The van der Waals surface area contributed by atoms with Crippen LogP contribution in [0.4, 0.5) is 0 Å². The first-order chi connectivity index (χ1) is 6.36. The van der Waals surface area contributed by atoms with E-state index in [0.717, 1.165) is 18.1 Å². The lowest BCUT2D eigenvalue weighted by Crippen LogP contribution is -2.52. The number of amides is 1. The summed E-state index contributed by atoms with van der Waals surface area (Å²) in [5.41, 5.74) is 0. The van der Waals surface area contributed by atoms with E-state index in [1.807, 2.05) is 11.8 Å². The molecule has 70 valence electrons. The summed E-state index contributed by atoms with van der Waals surface area (Å²) in [7, 11) is 0. The van der Waals surface area contributed by atoms with Crippen LogP contribution in [0.25, 0.3) is 0 Å². The third-order valence-electron chi connectivity index (χ3n) is 3.18. The maximum absolute atomic E-state index is 11.3. The first-order valence-electron chi connectivity index (χ1n) is 4.62. The lowest BCUT2D eigenvalue weighted by Gasteiger charge is -2.32. The van der Waals surface area contributed by atoms with E-state index in [2.05, 4.69) is 15.5 Å². The molecule has 4 nitrogen and oxygen atoms in total. The van der Waals surface area contributed by atoms with Crippen LogP contribution in [0.3, 0.4) is 0 Å². The average molecular weight is 197 g/mol. The van der Waals surface area contributed by atoms with Gasteiger partial charge in [-0.05, 0) is 5.75 Å². The maximum atomic E-state index is 11.3. The number of thioether (sulfide) groups is 1. The summed E-state index contributed by atoms with van der Waals surface area (Å²) in [5, 5.41) is 11.2. The number of hydrogen-bond donors (Lipinski definition) is 1. The molecule has 0 aromatic rings. The topological polar surface area (TPSA) is 53.8 Å². The van der Waals surface area contributed by atoms with Gasteiger partial charge in [0.25, 0.3) is 5.91 Å². The van der Waals surface area contributed by atoms with Crippen molar-refractivity contribution in [1.82, 2.24) is 5.32 Å². The molecule has 2 saturated heterocycles. The van der Waals surface area contributed by atoms with Gasteiger partial charge >= 0.3 is 0 Å². The number of hydrogen-bond acceptors (Lipinski definition) is 4. The van der Waals surface area contributed by atoms with E-state index >= 15 is 0 Å². The normalized spacial score (nSPS) is 47.8. The van der Waals surface area contributed by atoms with Gasteiger partial charge in [0.2, 0.25) is 0 Å². The van der Waals surface area contributed by atoms with Crippen molar-refractivity contribution in [2.45, 2.75) is 12.1 Å². The quantitative estimate of drug-likeness (QED) is 0.607. The molecule has 3 heterocycles. The van der Waals surface area contributed by atoms with Crippen molar-refractivity contribution >= 4 is 17.7 Å². The van der Waals surface area contributed by atoms with Crippen LogP contribution in [0.2, 0.25) is 0 Å². The number of carbonyl (C=O) groups is 1. The molecule has 5 heteroatoms. The second-order valence-electron chi connectivity index (χ2n) is 3.87. The van der Waals surface area contributed by atoms with E-state index in [1.165, 1.54) is 0 Å². The molecular formula is C8H11N3OS. The molecule has 0 radical (unpaired) electrons. The van der Waals surface area contributed by atoms with Crippen LogP contribution in [0.1, 0.15) is 0 Å². The van der Waals surface area contributed by atoms with Crippen LogP contribution in [0.5, 0.6) is 0 Å². The number of nitrogens with one attached hydrogen (secondary N) is 1. The summed E-state index contributed by atoms with van der Waals surface area (Å²) in [6, 6.07) is 0.754. The summed E-state index contributed by atoms with van der Waals surface area (Å²) in [5.74, 6) is 2.86. The van der Waals surface area contributed by atoms with Crippen molar-refractivity contribution in [3.8, 4) is 0 Å². The molecule has 3 rings (SSSR count). The van der Waals surface area contributed by atoms with Gasteiger partial charge in [-0.25, -0.2) is 0 Å². The minimum absolute atomic E-state index is 0.0205. The van der Waals surface area contributed by atoms with Crippen LogP contribution in [0, 0.1) is 11.8 Å². The highest BCUT2D eigenvalue weighted by Crippen LogP contribution is 2.37. The van der Waals surface area contributed by atoms with Crippen molar-refractivity contribution < 1.29 is 4.79 Å². The minimum atomic E-state index is -0.0205. The van der Waals surface area contributed by atoms with Crippen molar-refractivity contribution in [2.75, 3.05) is 18.1 Å². The Morgan fingerprint density at radius 1 is 1.46 bits per heavy atom. The molecule has 1 amide bonds. The maximum Gasteiger partial charge on any atom is 0.270 e. The fourth-order valence-electron chi connectivity index (χ4n) is 2.41. The summed E-state index contributed by atoms with van der Waals surface area (Å²) in [4.78, 5) is 11.3. The lowest BCUT2D eigenvalue weighted by atomic mass is 9.82. The van der Waals surface area contributed by atoms with Crippen molar-refractivity contribution in [2.24, 2.45) is 22.1 Å². The van der Waals surface area contributed by atoms with Crippen molar-refractivity contribution in [3.05, 3.63) is 0 Å². The Kier molecular flexibility index (Phi) is 1.70. The number of azo groups is 1. The molecule has 4 atom stereocenters. The van der Waals surface area contributed by atoms with Gasteiger partial charge in [-0.1, -0.05) is 0 Å². The van der Waals surface area contributed by atoms with Gasteiger partial charge in [0.1, 0.15) is 0 Å². The highest BCUT2D eigenvalue weighted by molar-refractivity contribution is 7.99. The number of rotatable bonds is 0. The van der Waals surface area contributed by atoms with E-state index in [0.29, 0.717) is 12.0 Å². The number of carbonyl (C=O) groups excluding carboxylic acids is 1. The van der Waals surface area contributed by atoms with E-state index in [9.17, 15) is 4.79 Å². The fourth-order valence-corrected chi connectivity index (χ4v) is 3.87. The summed E-state index contributed by atoms with van der Waals surface area (Å²) >= 11 is 1.95. The van der Waals surface area contributed by atoms with E-state index < -0.39 is 0 Å². The lowest BCUT2D eigenvalue weighted by molar-refractivity contribution is -0.121. The Hall–Kier alpha value is -0.420. The largest absolute Gasteiger partial charge is 0.312 e. The summed E-state index contributed by atoms with van der Waals surface area (Å²) < 4.78 is 0. The zero-order chi connectivity index (χ0) is 8.84. The molecule has 0 bridgehead atoms. The van der Waals surface area contributed by atoms with Gasteiger partial charge in [0, 0.05) is 24.3 Å². The minimum Gasteiger partial charge on any atom is -0.312 e. The molecule has 2 fully saturated rings. The molecule has 4 unspecified atom stereocenters. The van der Waals surface area contributed by atoms with E-state index in [4.69, 9.17) is 0 Å². The molecule has 0 saturated carbocycles. The Bertz CT molecular complexity index is 281. The third kappa shape index (κ3) is 1.07. The van der Waals surface area contributed by atoms with Gasteiger partial charge in [-0.15, -0.1) is 5.11 Å². The fraction of sp³-hybridized carbons (Fsp3) is 0.875. The van der Waals surface area contributed by atoms with Crippen molar-refractivity contribution in [3.63, 3.8) is 0 Å². The summed E-state index contributed by atoms with van der Waals surface area (Å²) in [6.07, 6.45) is 0. The molecule has 0 aliphatic carbocycles. The smallest absolute Gasteiger partial charge is 0.270 e. The van der Waals surface area contributed by atoms with Crippen LogP contribution in [-0.4, -0.2) is 36.0 Å². The molecule has 0 aromatic carbocycles. The Balaban J connectivity index is 1.88. The second-order valence-corrected chi connectivity index (χ2v) is 4.94.